The van der Waals surface area contributed by atoms with Crippen LogP contribution in [0.5, 0.6) is 0 Å². The van der Waals surface area contributed by atoms with E-state index >= 15 is 0 Å². The van der Waals surface area contributed by atoms with Gasteiger partial charge in [0.15, 0.2) is 0 Å². The second-order valence-electron chi connectivity index (χ2n) is 5.54. The fraction of sp³-hybridized carbons (Fsp3) is 0.769. The Labute approximate surface area is 121 Å². The molecule has 1 unspecified atom stereocenters. The van der Waals surface area contributed by atoms with E-state index in [4.69, 9.17) is 4.74 Å². The van der Waals surface area contributed by atoms with Crippen molar-refractivity contribution in [2.75, 3.05) is 26.8 Å². The Morgan fingerprint density at radius 2 is 2.37 bits per heavy atom. The number of halogens is 1. The van der Waals surface area contributed by atoms with E-state index in [1.807, 2.05) is 4.68 Å². The summed E-state index contributed by atoms with van der Waals surface area (Å²) < 4.78 is 7.86. The lowest BCUT2D eigenvalue weighted by atomic mass is 9.99. The molecule has 6 heteroatoms. The van der Waals surface area contributed by atoms with Crippen LogP contribution < -0.4 is 0 Å². The normalized spacial score (nSPS) is 28.2. The summed E-state index contributed by atoms with van der Waals surface area (Å²) in [6.07, 6.45) is 5.10. The Kier molecular flexibility index (Phi) is 3.68. The van der Waals surface area contributed by atoms with Gasteiger partial charge in [-0.3, -0.25) is 9.58 Å². The molecule has 0 spiro atoms. The van der Waals surface area contributed by atoms with Crippen LogP contribution in [0.1, 0.15) is 25.0 Å². The number of aliphatic hydroxyl groups is 1. The van der Waals surface area contributed by atoms with Gasteiger partial charge in [-0.05, 0) is 35.2 Å². The van der Waals surface area contributed by atoms with E-state index in [1.165, 1.54) is 12.8 Å². The van der Waals surface area contributed by atoms with Crippen molar-refractivity contribution in [1.82, 2.24) is 14.7 Å². The maximum absolute atomic E-state index is 11.0. The van der Waals surface area contributed by atoms with E-state index in [1.54, 1.807) is 13.3 Å². The molecule has 1 N–H and O–H groups in total. The third-order valence-corrected chi connectivity index (χ3v) is 4.66. The number of hydrogen-bond acceptors (Lipinski definition) is 4. The highest BCUT2D eigenvalue weighted by molar-refractivity contribution is 9.10. The quantitative estimate of drug-likeness (QED) is 0.885. The highest BCUT2D eigenvalue weighted by Gasteiger charge is 2.45. The molecular formula is C13H20BrN3O2. The van der Waals surface area contributed by atoms with Crippen LogP contribution in [-0.2, 0) is 16.9 Å². The third-order valence-electron chi connectivity index (χ3n) is 4.08. The summed E-state index contributed by atoms with van der Waals surface area (Å²) in [5.74, 6) is 0. The Hall–Kier alpha value is -0.430. The number of nitrogens with zero attached hydrogens (tertiary/aromatic N) is 3. The third kappa shape index (κ3) is 2.59. The number of aromatic nitrogens is 2. The van der Waals surface area contributed by atoms with Crippen LogP contribution in [0.2, 0.25) is 0 Å². The zero-order chi connectivity index (χ0) is 13.5. The molecule has 19 heavy (non-hydrogen) atoms. The first-order valence-electron chi connectivity index (χ1n) is 6.81. The molecule has 0 amide bonds. The standard InChI is InChI=1S/C13H20BrN3O2/c1-19-7-6-17-12(11(14)8-15-17)13(18)4-5-16(9-13)10-2-3-10/h8,10,18H,2-7,9H2,1H3. The molecule has 2 fully saturated rings. The van der Waals surface area contributed by atoms with Crippen LogP contribution in [0.25, 0.3) is 0 Å². The molecule has 1 saturated carbocycles. The van der Waals surface area contributed by atoms with Gasteiger partial charge in [-0.1, -0.05) is 0 Å². The molecule has 106 valence electrons. The number of rotatable bonds is 5. The molecule has 0 radical (unpaired) electrons. The predicted molar refractivity (Wildman–Crippen MR) is 74.9 cm³/mol. The summed E-state index contributed by atoms with van der Waals surface area (Å²) in [5.41, 5.74) is 0.110. The maximum atomic E-state index is 11.0. The van der Waals surface area contributed by atoms with E-state index in [2.05, 4.69) is 25.9 Å². The topological polar surface area (TPSA) is 50.5 Å². The van der Waals surface area contributed by atoms with E-state index in [0.29, 0.717) is 19.2 Å². The van der Waals surface area contributed by atoms with Crippen molar-refractivity contribution in [1.29, 1.82) is 0 Å². The van der Waals surface area contributed by atoms with Gasteiger partial charge in [-0.2, -0.15) is 5.10 Å². The van der Waals surface area contributed by atoms with Gasteiger partial charge < -0.3 is 9.84 Å². The van der Waals surface area contributed by atoms with E-state index in [9.17, 15) is 5.11 Å². The van der Waals surface area contributed by atoms with Gasteiger partial charge in [0, 0.05) is 26.2 Å². The summed E-state index contributed by atoms with van der Waals surface area (Å²) >= 11 is 3.52. The molecule has 1 saturated heterocycles. The lowest BCUT2D eigenvalue weighted by Gasteiger charge is -2.25. The van der Waals surface area contributed by atoms with Gasteiger partial charge in [-0.25, -0.2) is 0 Å². The lowest BCUT2D eigenvalue weighted by Crippen LogP contribution is -2.34. The predicted octanol–water partition coefficient (Wildman–Crippen LogP) is 1.35. The Morgan fingerprint density at radius 1 is 1.58 bits per heavy atom. The SMILES string of the molecule is COCCn1ncc(Br)c1C1(O)CCN(C2CC2)C1. The smallest absolute Gasteiger partial charge is 0.121 e. The van der Waals surface area contributed by atoms with Gasteiger partial charge >= 0.3 is 0 Å². The van der Waals surface area contributed by atoms with E-state index in [-0.39, 0.29) is 0 Å². The molecular weight excluding hydrogens is 310 g/mol. The highest BCUT2D eigenvalue weighted by Crippen LogP contribution is 2.40. The first-order chi connectivity index (χ1) is 9.14. The number of ether oxygens (including phenoxy) is 1. The average Bonchev–Trinajstić information content (AvgIpc) is 3.06. The molecule has 1 aromatic heterocycles. The fourth-order valence-corrected chi connectivity index (χ4v) is 3.60. The molecule has 1 aliphatic carbocycles. The maximum Gasteiger partial charge on any atom is 0.121 e. The molecule has 1 atom stereocenters. The Bertz CT molecular complexity index is 461. The minimum atomic E-state index is -0.786. The largest absolute Gasteiger partial charge is 0.383 e. The monoisotopic (exact) mass is 329 g/mol. The Balaban J connectivity index is 1.82. The van der Waals surface area contributed by atoms with Crippen LogP contribution in [0.15, 0.2) is 10.7 Å². The highest BCUT2D eigenvalue weighted by atomic mass is 79.9. The molecule has 5 nitrogen and oxygen atoms in total. The minimum Gasteiger partial charge on any atom is -0.383 e. The summed E-state index contributed by atoms with van der Waals surface area (Å²) in [6.45, 7) is 2.96. The van der Waals surface area contributed by atoms with Crippen molar-refractivity contribution in [3.8, 4) is 0 Å². The summed E-state index contributed by atoms with van der Waals surface area (Å²) in [6, 6.07) is 0.697. The molecule has 0 aromatic carbocycles. The van der Waals surface area contributed by atoms with Crippen LogP contribution in [0.4, 0.5) is 0 Å². The van der Waals surface area contributed by atoms with Crippen molar-refractivity contribution in [2.24, 2.45) is 0 Å². The summed E-state index contributed by atoms with van der Waals surface area (Å²) in [7, 11) is 1.68. The van der Waals surface area contributed by atoms with Gasteiger partial charge in [0.05, 0.1) is 29.5 Å². The number of likely N-dealkylation sites (tertiary alicyclic amines) is 1. The van der Waals surface area contributed by atoms with Crippen LogP contribution >= 0.6 is 15.9 Å². The van der Waals surface area contributed by atoms with Crippen molar-refractivity contribution < 1.29 is 9.84 Å². The lowest BCUT2D eigenvalue weighted by molar-refractivity contribution is 0.0338. The van der Waals surface area contributed by atoms with E-state index in [0.717, 1.165) is 29.7 Å². The van der Waals surface area contributed by atoms with Crippen LogP contribution in [0, 0.1) is 0 Å². The van der Waals surface area contributed by atoms with Crippen molar-refractivity contribution in [2.45, 2.75) is 37.5 Å². The minimum absolute atomic E-state index is 0.601. The van der Waals surface area contributed by atoms with Gasteiger partial charge in [0.1, 0.15) is 5.60 Å². The molecule has 0 bridgehead atoms. The molecule has 3 rings (SSSR count). The summed E-state index contributed by atoms with van der Waals surface area (Å²) in [5, 5.41) is 15.3. The van der Waals surface area contributed by atoms with Gasteiger partial charge in [0.25, 0.3) is 0 Å². The molecule has 1 aromatic rings. The van der Waals surface area contributed by atoms with E-state index < -0.39 is 5.60 Å². The second kappa shape index (κ2) is 5.16. The number of methoxy groups -OCH3 is 1. The van der Waals surface area contributed by atoms with Crippen LogP contribution in [-0.4, -0.2) is 52.6 Å². The Morgan fingerprint density at radius 3 is 3.05 bits per heavy atom. The van der Waals surface area contributed by atoms with Crippen LogP contribution in [0.3, 0.4) is 0 Å². The van der Waals surface area contributed by atoms with Crippen molar-refractivity contribution in [3.63, 3.8) is 0 Å². The molecule has 2 heterocycles. The average molecular weight is 330 g/mol. The fourth-order valence-electron chi connectivity index (χ4n) is 2.94. The molecule has 2 aliphatic rings. The zero-order valence-electron chi connectivity index (χ0n) is 11.2. The van der Waals surface area contributed by atoms with Gasteiger partial charge in [0.2, 0.25) is 0 Å². The van der Waals surface area contributed by atoms with Gasteiger partial charge in [-0.15, -0.1) is 0 Å². The first-order valence-corrected chi connectivity index (χ1v) is 7.60. The number of β-amino-alcohol motifs (C(OH)–C–C–N with tert-alkyl or cyclic N) is 1. The number of hydrogen-bond donors (Lipinski definition) is 1. The zero-order valence-corrected chi connectivity index (χ0v) is 12.8. The second-order valence-corrected chi connectivity index (χ2v) is 6.39. The first kappa shape index (κ1) is 13.5. The van der Waals surface area contributed by atoms with Crippen molar-refractivity contribution >= 4 is 15.9 Å². The molecule has 1 aliphatic heterocycles. The van der Waals surface area contributed by atoms with Crippen molar-refractivity contribution in [3.05, 3.63) is 16.4 Å². The summed E-state index contributed by atoms with van der Waals surface area (Å²) in [4.78, 5) is 2.40.